The van der Waals surface area contributed by atoms with Gasteiger partial charge in [-0.25, -0.2) is 8.42 Å². The van der Waals surface area contributed by atoms with E-state index < -0.39 is 10.0 Å². The van der Waals surface area contributed by atoms with Gasteiger partial charge in [0, 0.05) is 26.2 Å². The normalized spacial score (nSPS) is 15.9. The van der Waals surface area contributed by atoms with Crippen LogP contribution >= 0.6 is 11.3 Å². The number of amides is 1. The molecule has 0 radical (unpaired) electrons. The lowest BCUT2D eigenvalue weighted by Crippen LogP contribution is -2.50. The number of hydrogen-bond acceptors (Lipinski definition) is 5. The smallest absolute Gasteiger partial charge is 0.264 e. The third kappa shape index (κ3) is 4.02. The van der Waals surface area contributed by atoms with E-state index in [1.54, 1.807) is 29.2 Å². The molecule has 0 saturated carbocycles. The molecule has 0 spiro atoms. The molecule has 1 aliphatic rings. The Hall–Kier alpha value is -1.90. The molecule has 1 aromatic carbocycles. The number of carbonyl (C=O) groups excluding carboxylic acids is 1. The molecule has 0 unspecified atom stereocenters. The van der Waals surface area contributed by atoms with Crippen LogP contribution in [0.15, 0.2) is 40.6 Å². The molecule has 8 heteroatoms. The Morgan fingerprint density at radius 1 is 1.07 bits per heavy atom. The predicted octanol–water partition coefficient (Wildman–Crippen LogP) is 3.03. The van der Waals surface area contributed by atoms with Crippen LogP contribution in [0.5, 0.6) is 5.75 Å². The number of rotatable bonds is 5. The summed E-state index contributed by atoms with van der Waals surface area (Å²) in [6, 6.07) is 8.36. The van der Waals surface area contributed by atoms with Crippen molar-refractivity contribution in [2.45, 2.75) is 24.7 Å². The molecule has 1 saturated heterocycles. The largest absolute Gasteiger partial charge is 0.497 e. The summed E-state index contributed by atoms with van der Waals surface area (Å²) in [6.45, 7) is 5.51. The van der Waals surface area contributed by atoms with E-state index in [9.17, 15) is 13.2 Å². The van der Waals surface area contributed by atoms with E-state index in [0.717, 1.165) is 10.4 Å². The zero-order valence-electron chi connectivity index (χ0n) is 15.7. The number of sulfonamides is 1. The van der Waals surface area contributed by atoms with Gasteiger partial charge in [0.25, 0.3) is 5.91 Å². The number of ether oxygens (including phenoxy) is 1. The van der Waals surface area contributed by atoms with Crippen molar-refractivity contribution in [2.75, 3.05) is 33.3 Å². The minimum absolute atomic E-state index is 0.00445. The maximum atomic E-state index is 12.8. The zero-order chi connectivity index (χ0) is 19.6. The Kier molecular flexibility index (Phi) is 5.88. The average molecular weight is 409 g/mol. The second-order valence-electron chi connectivity index (χ2n) is 6.73. The summed E-state index contributed by atoms with van der Waals surface area (Å²) in [5, 5.41) is 1.94. The van der Waals surface area contributed by atoms with Crippen LogP contribution in [-0.2, 0) is 10.0 Å². The topological polar surface area (TPSA) is 66.9 Å². The van der Waals surface area contributed by atoms with Crippen molar-refractivity contribution >= 4 is 27.3 Å². The van der Waals surface area contributed by atoms with Gasteiger partial charge in [-0.15, -0.1) is 11.3 Å². The Morgan fingerprint density at radius 3 is 2.26 bits per heavy atom. The number of hydrogen-bond donors (Lipinski definition) is 0. The molecule has 2 heterocycles. The van der Waals surface area contributed by atoms with Crippen molar-refractivity contribution in [3.63, 3.8) is 0 Å². The minimum atomic E-state index is -3.57. The number of piperazine rings is 1. The number of benzene rings is 1. The molecule has 0 bridgehead atoms. The third-order valence-electron chi connectivity index (χ3n) is 4.73. The van der Waals surface area contributed by atoms with E-state index in [-0.39, 0.29) is 16.7 Å². The molecule has 146 valence electrons. The van der Waals surface area contributed by atoms with E-state index in [4.69, 9.17) is 4.74 Å². The maximum Gasteiger partial charge on any atom is 0.264 e. The molecule has 2 aromatic rings. The van der Waals surface area contributed by atoms with E-state index in [0.29, 0.717) is 31.9 Å². The second kappa shape index (κ2) is 8.00. The van der Waals surface area contributed by atoms with Crippen LogP contribution in [-0.4, -0.2) is 56.8 Å². The van der Waals surface area contributed by atoms with Crippen LogP contribution in [0.2, 0.25) is 0 Å². The van der Waals surface area contributed by atoms with Crippen molar-refractivity contribution < 1.29 is 17.9 Å². The number of nitrogens with zero attached hydrogens (tertiary/aromatic N) is 2. The molecule has 0 atom stereocenters. The molecule has 1 amide bonds. The fraction of sp³-hybridized carbons (Fsp3) is 0.421. The van der Waals surface area contributed by atoms with Gasteiger partial charge in [0.05, 0.1) is 16.9 Å². The monoisotopic (exact) mass is 408 g/mol. The van der Waals surface area contributed by atoms with Crippen LogP contribution in [0, 0.1) is 0 Å². The highest BCUT2D eigenvalue weighted by Crippen LogP contribution is 2.27. The summed E-state index contributed by atoms with van der Waals surface area (Å²) in [6.07, 6.45) is 0. The van der Waals surface area contributed by atoms with Gasteiger partial charge in [-0.2, -0.15) is 4.31 Å². The summed E-state index contributed by atoms with van der Waals surface area (Å²) in [5.41, 5.74) is 1.05. The van der Waals surface area contributed by atoms with Crippen LogP contribution in [0.4, 0.5) is 0 Å². The van der Waals surface area contributed by atoms with Crippen molar-refractivity contribution in [3.8, 4) is 5.75 Å². The quantitative estimate of drug-likeness (QED) is 0.763. The second-order valence-corrected chi connectivity index (χ2v) is 9.59. The SMILES string of the molecule is COc1ccc(S(=O)(=O)N2CCN(C(=O)c3sccc3C(C)C)CC2)cc1. The molecule has 27 heavy (non-hydrogen) atoms. The summed E-state index contributed by atoms with van der Waals surface area (Å²) in [4.78, 5) is 15.6. The maximum absolute atomic E-state index is 12.8. The average Bonchev–Trinajstić information content (AvgIpc) is 3.18. The van der Waals surface area contributed by atoms with Crippen molar-refractivity contribution in [1.29, 1.82) is 0 Å². The molecule has 0 N–H and O–H groups in total. The lowest BCUT2D eigenvalue weighted by Gasteiger charge is -2.34. The number of methoxy groups -OCH3 is 1. The third-order valence-corrected chi connectivity index (χ3v) is 7.57. The van der Waals surface area contributed by atoms with Gasteiger partial charge in [-0.3, -0.25) is 4.79 Å². The fourth-order valence-corrected chi connectivity index (χ4v) is 5.56. The van der Waals surface area contributed by atoms with Crippen LogP contribution < -0.4 is 4.74 Å². The van der Waals surface area contributed by atoms with Gasteiger partial charge in [-0.1, -0.05) is 13.8 Å². The van der Waals surface area contributed by atoms with E-state index in [1.165, 1.54) is 22.8 Å². The molecule has 1 aromatic heterocycles. The van der Waals surface area contributed by atoms with Crippen LogP contribution in [0.3, 0.4) is 0 Å². The molecule has 1 aliphatic heterocycles. The van der Waals surface area contributed by atoms with Gasteiger partial charge in [0.15, 0.2) is 0 Å². The molecule has 0 aliphatic carbocycles. The summed E-state index contributed by atoms with van der Waals surface area (Å²) in [7, 11) is -2.03. The van der Waals surface area contributed by atoms with Crippen LogP contribution in [0.1, 0.15) is 35.0 Å². The Bertz CT molecular complexity index is 896. The highest BCUT2D eigenvalue weighted by atomic mass is 32.2. The number of thiophene rings is 1. The Labute approximate surface area is 164 Å². The van der Waals surface area contributed by atoms with Crippen molar-refractivity contribution in [1.82, 2.24) is 9.21 Å². The standard InChI is InChI=1S/C19H24N2O4S2/c1-14(2)17-8-13-26-18(17)19(22)20-9-11-21(12-10-20)27(23,24)16-6-4-15(25-3)5-7-16/h4-8,13-14H,9-12H2,1-3H3. The predicted molar refractivity (Wildman–Crippen MR) is 106 cm³/mol. The van der Waals surface area contributed by atoms with Gasteiger partial charge in [-0.05, 0) is 47.2 Å². The number of carbonyl (C=O) groups is 1. The molecule has 1 fully saturated rings. The first kappa shape index (κ1) is 19.9. The van der Waals surface area contributed by atoms with Gasteiger partial charge < -0.3 is 9.64 Å². The lowest BCUT2D eigenvalue weighted by molar-refractivity contribution is 0.0701. The highest BCUT2D eigenvalue weighted by Gasteiger charge is 2.31. The van der Waals surface area contributed by atoms with Gasteiger partial charge >= 0.3 is 0 Å². The van der Waals surface area contributed by atoms with Crippen LogP contribution in [0.25, 0.3) is 0 Å². The summed E-state index contributed by atoms with van der Waals surface area (Å²) < 4.78 is 32.2. The highest BCUT2D eigenvalue weighted by molar-refractivity contribution is 7.89. The molecular formula is C19H24N2O4S2. The Morgan fingerprint density at radius 2 is 1.70 bits per heavy atom. The molecular weight excluding hydrogens is 384 g/mol. The van der Waals surface area contributed by atoms with E-state index in [2.05, 4.69) is 13.8 Å². The van der Waals surface area contributed by atoms with Gasteiger partial charge in [0.2, 0.25) is 10.0 Å². The first-order chi connectivity index (χ1) is 12.8. The molecule has 6 nitrogen and oxygen atoms in total. The fourth-order valence-electron chi connectivity index (χ4n) is 3.12. The summed E-state index contributed by atoms with van der Waals surface area (Å²) in [5.74, 6) is 0.892. The van der Waals surface area contributed by atoms with Crippen molar-refractivity contribution in [2.24, 2.45) is 0 Å². The minimum Gasteiger partial charge on any atom is -0.497 e. The molecule has 3 rings (SSSR count). The zero-order valence-corrected chi connectivity index (χ0v) is 17.3. The first-order valence-electron chi connectivity index (χ1n) is 8.85. The lowest BCUT2D eigenvalue weighted by atomic mass is 10.0. The first-order valence-corrected chi connectivity index (χ1v) is 11.2. The van der Waals surface area contributed by atoms with E-state index >= 15 is 0 Å². The van der Waals surface area contributed by atoms with Crippen molar-refractivity contribution in [3.05, 3.63) is 46.2 Å². The summed E-state index contributed by atoms with van der Waals surface area (Å²) >= 11 is 1.45. The van der Waals surface area contributed by atoms with E-state index in [1.807, 2.05) is 11.4 Å². The van der Waals surface area contributed by atoms with Gasteiger partial charge in [0.1, 0.15) is 5.75 Å². The Balaban J connectivity index is 1.69.